The first-order valence-electron chi connectivity index (χ1n) is 8.44. The van der Waals surface area contributed by atoms with Gasteiger partial charge in [-0.15, -0.1) is 0 Å². The molecule has 144 valence electrons. The Morgan fingerprint density at radius 2 is 1.81 bits per heavy atom. The molecule has 0 fully saturated rings. The van der Waals surface area contributed by atoms with Crippen molar-refractivity contribution >= 4 is 18.0 Å². The minimum Gasteiger partial charge on any atom is -0.480 e. The number of carbonyl (C=O) groups is 3. The number of aliphatic carboxylic acids is 1. The zero-order valence-corrected chi connectivity index (χ0v) is 15.2. The van der Waals surface area contributed by atoms with E-state index in [4.69, 9.17) is 4.74 Å². The van der Waals surface area contributed by atoms with Gasteiger partial charge < -0.3 is 25.2 Å². The first kappa shape index (κ1) is 21.4. The van der Waals surface area contributed by atoms with Gasteiger partial charge in [0.05, 0.1) is 13.2 Å². The number of aliphatic hydroxyl groups is 1. The summed E-state index contributed by atoms with van der Waals surface area (Å²) in [6, 6.07) is 6.76. The number of nitrogens with zero attached hydrogens (tertiary/aromatic N) is 1. The van der Waals surface area contributed by atoms with Gasteiger partial charge in [0.2, 0.25) is 0 Å². The van der Waals surface area contributed by atoms with E-state index in [1.54, 1.807) is 45.0 Å². The maximum atomic E-state index is 12.5. The maximum Gasteiger partial charge on any atom is 0.336 e. The number of urea groups is 1. The molecule has 1 aromatic rings. The average Bonchev–Trinajstić information content (AvgIpc) is 2.59. The number of carboxylic acid groups (broad SMARTS) is 1. The summed E-state index contributed by atoms with van der Waals surface area (Å²) in [4.78, 5) is 36.8. The second-order valence-electron chi connectivity index (χ2n) is 6.04. The summed E-state index contributed by atoms with van der Waals surface area (Å²) in [7, 11) is 0. The number of nitrogens with one attached hydrogen (secondary N) is 1. The monoisotopic (exact) mass is 366 g/mol. The molecule has 0 radical (unpaired) electrons. The average molecular weight is 366 g/mol. The number of aliphatic hydroxyl groups excluding tert-OH is 1. The van der Waals surface area contributed by atoms with Crippen molar-refractivity contribution in [1.29, 1.82) is 0 Å². The van der Waals surface area contributed by atoms with Crippen LogP contribution in [0.1, 0.15) is 26.3 Å². The maximum absolute atomic E-state index is 12.5. The second kappa shape index (κ2) is 10.4. The number of carboxylic acids is 1. The van der Waals surface area contributed by atoms with E-state index in [1.807, 2.05) is 6.07 Å². The van der Waals surface area contributed by atoms with Crippen molar-refractivity contribution in [1.82, 2.24) is 10.2 Å². The van der Waals surface area contributed by atoms with E-state index in [9.17, 15) is 24.6 Å². The van der Waals surface area contributed by atoms with Crippen LogP contribution in [0, 0.1) is 0 Å². The van der Waals surface area contributed by atoms with Crippen LogP contribution in [0.15, 0.2) is 30.3 Å². The van der Waals surface area contributed by atoms with Crippen LogP contribution >= 0.6 is 0 Å². The van der Waals surface area contributed by atoms with E-state index in [0.29, 0.717) is 0 Å². The summed E-state index contributed by atoms with van der Waals surface area (Å²) in [6.45, 7) is 4.83. The van der Waals surface area contributed by atoms with E-state index in [1.165, 1.54) is 4.90 Å². The molecule has 0 saturated heterocycles. The molecule has 0 aliphatic heterocycles. The normalized spacial score (nSPS) is 13.0. The van der Waals surface area contributed by atoms with Crippen LogP contribution in [0.4, 0.5) is 4.79 Å². The number of benzene rings is 1. The van der Waals surface area contributed by atoms with Gasteiger partial charge in [-0.05, 0) is 26.3 Å². The molecule has 0 aromatic heterocycles. The highest BCUT2D eigenvalue weighted by atomic mass is 16.5. The van der Waals surface area contributed by atoms with Gasteiger partial charge in [0, 0.05) is 12.5 Å². The van der Waals surface area contributed by atoms with Crippen molar-refractivity contribution in [3.63, 3.8) is 0 Å². The number of hydrogen-bond acceptors (Lipinski definition) is 5. The van der Waals surface area contributed by atoms with Crippen molar-refractivity contribution in [2.45, 2.75) is 45.4 Å². The third-order valence-electron chi connectivity index (χ3n) is 3.69. The van der Waals surface area contributed by atoms with Gasteiger partial charge in [-0.25, -0.2) is 14.4 Å². The van der Waals surface area contributed by atoms with Crippen LogP contribution in [0.3, 0.4) is 0 Å². The van der Waals surface area contributed by atoms with E-state index >= 15 is 0 Å². The molecule has 0 aliphatic rings. The molecule has 26 heavy (non-hydrogen) atoms. The lowest BCUT2D eigenvalue weighted by Gasteiger charge is -2.29. The van der Waals surface area contributed by atoms with Crippen LogP contribution in [0.2, 0.25) is 0 Å². The highest BCUT2D eigenvalue weighted by Crippen LogP contribution is 2.07. The molecule has 8 nitrogen and oxygen atoms in total. The number of carbonyl (C=O) groups excluding carboxylic acids is 2. The van der Waals surface area contributed by atoms with Crippen molar-refractivity contribution in [3.8, 4) is 0 Å². The highest BCUT2D eigenvalue weighted by Gasteiger charge is 2.28. The zero-order chi connectivity index (χ0) is 19.7. The largest absolute Gasteiger partial charge is 0.480 e. The Labute approximate surface area is 152 Å². The Balaban J connectivity index is 2.79. The summed E-state index contributed by atoms with van der Waals surface area (Å²) in [6.07, 6.45) is -1.38. The number of rotatable bonds is 9. The smallest absolute Gasteiger partial charge is 0.336 e. The lowest BCUT2D eigenvalue weighted by atomic mass is 10.1. The Bertz CT molecular complexity index is 605. The Morgan fingerprint density at radius 1 is 1.19 bits per heavy atom. The predicted molar refractivity (Wildman–Crippen MR) is 94.6 cm³/mol. The molecule has 0 saturated carbocycles. The summed E-state index contributed by atoms with van der Waals surface area (Å²) in [5.74, 6) is -2.00. The summed E-state index contributed by atoms with van der Waals surface area (Å²) < 4.78 is 4.72. The van der Waals surface area contributed by atoms with Crippen LogP contribution in [0.25, 0.3) is 0 Å². The van der Waals surface area contributed by atoms with Crippen LogP contribution in [0.5, 0.6) is 0 Å². The predicted octanol–water partition coefficient (Wildman–Crippen LogP) is 1.03. The van der Waals surface area contributed by atoms with Crippen molar-refractivity contribution in [2.24, 2.45) is 0 Å². The van der Waals surface area contributed by atoms with Crippen molar-refractivity contribution in [3.05, 3.63) is 35.9 Å². The lowest BCUT2D eigenvalue weighted by molar-refractivity contribution is -0.153. The summed E-state index contributed by atoms with van der Waals surface area (Å²) >= 11 is 0. The molecule has 1 aromatic carbocycles. The number of amides is 2. The van der Waals surface area contributed by atoms with E-state index in [2.05, 4.69) is 5.32 Å². The first-order valence-corrected chi connectivity index (χ1v) is 8.44. The van der Waals surface area contributed by atoms with E-state index in [-0.39, 0.29) is 25.6 Å². The van der Waals surface area contributed by atoms with E-state index in [0.717, 1.165) is 5.56 Å². The third kappa shape index (κ3) is 6.72. The van der Waals surface area contributed by atoms with Gasteiger partial charge in [-0.1, -0.05) is 30.3 Å². The van der Waals surface area contributed by atoms with E-state index < -0.39 is 30.1 Å². The molecule has 3 N–H and O–H groups in total. The Kier molecular flexibility index (Phi) is 8.57. The molecule has 0 bridgehead atoms. The highest BCUT2D eigenvalue weighted by molar-refractivity contribution is 5.83. The second-order valence-corrected chi connectivity index (χ2v) is 6.04. The summed E-state index contributed by atoms with van der Waals surface area (Å²) in [5, 5.41) is 21.7. The SMILES string of the molecule is CCOC(=O)[C@@H](O)CN(C(=O)N[C@@H](Cc1ccccc1)C(=O)O)C(C)C. The summed E-state index contributed by atoms with van der Waals surface area (Å²) in [5.41, 5.74) is 0.767. The fraction of sp³-hybridized carbons (Fsp3) is 0.500. The Morgan fingerprint density at radius 3 is 2.31 bits per heavy atom. The van der Waals surface area contributed by atoms with Crippen LogP contribution in [-0.4, -0.2) is 64.4 Å². The molecule has 2 amide bonds. The molecular formula is C18H26N2O6. The van der Waals surface area contributed by atoms with Gasteiger partial charge in [0.25, 0.3) is 0 Å². The molecule has 0 heterocycles. The minimum atomic E-state index is -1.50. The zero-order valence-electron chi connectivity index (χ0n) is 15.2. The van der Waals surface area contributed by atoms with Gasteiger partial charge in [-0.3, -0.25) is 0 Å². The number of hydrogen-bond donors (Lipinski definition) is 3. The Hall–Kier alpha value is -2.61. The minimum absolute atomic E-state index is 0.113. The quantitative estimate of drug-likeness (QED) is 0.562. The van der Waals surface area contributed by atoms with Crippen LogP contribution < -0.4 is 5.32 Å². The molecular weight excluding hydrogens is 340 g/mol. The molecule has 0 aliphatic carbocycles. The number of ether oxygens (including phenoxy) is 1. The standard InChI is InChI=1S/C18H26N2O6/c1-4-26-17(24)15(21)11-20(12(2)3)18(25)19-14(16(22)23)10-13-8-6-5-7-9-13/h5-9,12,14-15,21H,4,10-11H2,1-3H3,(H,19,25)(H,22,23)/t14-,15-/m0/s1. The van der Waals surface area contributed by atoms with Gasteiger partial charge in [-0.2, -0.15) is 0 Å². The topological polar surface area (TPSA) is 116 Å². The molecule has 2 atom stereocenters. The molecule has 8 heteroatoms. The first-order chi connectivity index (χ1) is 12.3. The molecule has 0 unspecified atom stereocenters. The third-order valence-corrected chi connectivity index (χ3v) is 3.69. The van der Waals surface area contributed by atoms with Crippen LogP contribution in [-0.2, 0) is 20.7 Å². The van der Waals surface area contributed by atoms with Crippen molar-refractivity contribution in [2.75, 3.05) is 13.2 Å². The molecule has 0 spiro atoms. The van der Waals surface area contributed by atoms with Gasteiger partial charge in [0.15, 0.2) is 6.10 Å². The van der Waals surface area contributed by atoms with Crippen molar-refractivity contribution < 1.29 is 29.3 Å². The fourth-order valence-corrected chi connectivity index (χ4v) is 2.31. The molecule has 1 rings (SSSR count). The number of esters is 1. The van der Waals surface area contributed by atoms with Gasteiger partial charge in [0.1, 0.15) is 6.04 Å². The fourth-order valence-electron chi connectivity index (χ4n) is 2.31. The van der Waals surface area contributed by atoms with Gasteiger partial charge >= 0.3 is 18.0 Å². The lowest BCUT2D eigenvalue weighted by Crippen LogP contribution is -2.53.